The van der Waals surface area contributed by atoms with Crippen molar-refractivity contribution in [3.8, 4) is 17.2 Å². The number of nitrogens with one attached hydrogen (secondary N) is 1. The van der Waals surface area contributed by atoms with E-state index >= 15 is 0 Å². The van der Waals surface area contributed by atoms with E-state index in [0.717, 1.165) is 26.7 Å². The predicted molar refractivity (Wildman–Crippen MR) is 140 cm³/mol. The summed E-state index contributed by atoms with van der Waals surface area (Å²) in [5.74, 6) is 0.943. The maximum absolute atomic E-state index is 13.6. The van der Waals surface area contributed by atoms with Crippen LogP contribution in [0.4, 0.5) is 5.69 Å². The maximum atomic E-state index is 13.6. The number of methoxy groups -OCH3 is 2. The van der Waals surface area contributed by atoms with Crippen LogP contribution in [0.15, 0.2) is 65.6 Å². The Morgan fingerprint density at radius 1 is 0.833 bits per heavy atom. The number of sulfonamides is 1. The van der Waals surface area contributed by atoms with Crippen molar-refractivity contribution in [3.63, 3.8) is 0 Å². The molecule has 0 spiro atoms. The molecule has 8 nitrogen and oxygen atoms in total. The monoisotopic (exact) mass is 512 g/mol. The molecule has 0 aliphatic rings. The van der Waals surface area contributed by atoms with Crippen molar-refractivity contribution in [2.24, 2.45) is 0 Å². The van der Waals surface area contributed by atoms with Gasteiger partial charge < -0.3 is 19.5 Å². The Kier molecular flexibility index (Phi) is 8.82. The second kappa shape index (κ2) is 11.8. The van der Waals surface area contributed by atoms with E-state index in [4.69, 9.17) is 14.2 Å². The zero-order valence-electron chi connectivity index (χ0n) is 21.2. The van der Waals surface area contributed by atoms with Crippen LogP contribution in [0.5, 0.6) is 17.2 Å². The molecule has 0 atom stereocenters. The van der Waals surface area contributed by atoms with Gasteiger partial charge in [0, 0.05) is 6.07 Å². The van der Waals surface area contributed by atoms with Gasteiger partial charge in [0.2, 0.25) is 5.91 Å². The molecule has 1 N–H and O–H groups in total. The molecule has 0 fully saturated rings. The third-order valence-corrected chi connectivity index (χ3v) is 7.21. The minimum atomic E-state index is -4.10. The van der Waals surface area contributed by atoms with Gasteiger partial charge in [-0.05, 0) is 68.3 Å². The molecule has 192 valence electrons. The topological polar surface area (TPSA) is 94.2 Å². The number of hydrogen-bond donors (Lipinski definition) is 1. The van der Waals surface area contributed by atoms with Crippen LogP contribution >= 0.6 is 0 Å². The van der Waals surface area contributed by atoms with Gasteiger partial charge in [-0.25, -0.2) is 8.42 Å². The number of aryl methyl sites for hydroxylation is 3. The molecule has 0 heterocycles. The summed E-state index contributed by atoms with van der Waals surface area (Å²) in [5.41, 5.74) is 3.51. The fraction of sp³-hybridized carbons (Fsp3) is 0.296. The second-order valence-corrected chi connectivity index (χ2v) is 10.2. The van der Waals surface area contributed by atoms with Gasteiger partial charge in [0.25, 0.3) is 10.0 Å². The molecule has 3 aromatic rings. The van der Waals surface area contributed by atoms with E-state index in [1.54, 1.807) is 24.3 Å². The molecule has 0 saturated heterocycles. The minimum absolute atomic E-state index is 0.0216. The fourth-order valence-corrected chi connectivity index (χ4v) is 5.13. The summed E-state index contributed by atoms with van der Waals surface area (Å²) in [7, 11) is -1.20. The van der Waals surface area contributed by atoms with Gasteiger partial charge in [-0.15, -0.1) is 0 Å². The second-order valence-electron chi connectivity index (χ2n) is 8.39. The zero-order chi connectivity index (χ0) is 26.3. The average Bonchev–Trinajstić information content (AvgIpc) is 2.84. The molecule has 0 aromatic heterocycles. The molecule has 1 amide bonds. The smallest absolute Gasteiger partial charge is 0.264 e. The van der Waals surface area contributed by atoms with Crippen LogP contribution in [0.3, 0.4) is 0 Å². The minimum Gasteiger partial charge on any atom is -0.493 e. The summed E-state index contributed by atoms with van der Waals surface area (Å²) in [6, 6.07) is 17.1. The van der Waals surface area contributed by atoms with Crippen LogP contribution in [-0.2, 0) is 14.8 Å². The Labute approximate surface area is 212 Å². The van der Waals surface area contributed by atoms with Crippen LogP contribution < -0.4 is 23.8 Å². The molecule has 0 bridgehead atoms. The Balaban J connectivity index is 1.76. The van der Waals surface area contributed by atoms with Crippen molar-refractivity contribution in [2.45, 2.75) is 25.7 Å². The summed E-state index contributed by atoms with van der Waals surface area (Å²) >= 11 is 0. The number of carbonyl (C=O) groups is 1. The molecule has 0 saturated carbocycles. The van der Waals surface area contributed by atoms with E-state index in [2.05, 4.69) is 5.32 Å². The maximum Gasteiger partial charge on any atom is 0.264 e. The highest BCUT2D eigenvalue weighted by Gasteiger charge is 2.28. The van der Waals surface area contributed by atoms with E-state index in [1.807, 2.05) is 39.0 Å². The Hall–Kier alpha value is -3.72. The van der Waals surface area contributed by atoms with Gasteiger partial charge in [-0.2, -0.15) is 0 Å². The van der Waals surface area contributed by atoms with Gasteiger partial charge >= 0.3 is 0 Å². The molecule has 3 rings (SSSR count). The molecule has 0 unspecified atom stereocenters. The molecule has 0 radical (unpaired) electrons. The number of amides is 1. The Morgan fingerprint density at radius 3 is 2.08 bits per heavy atom. The molecule has 0 aliphatic heterocycles. The first-order valence-electron chi connectivity index (χ1n) is 11.4. The number of nitrogens with zero attached hydrogens (tertiary/aromatic N) is 1. The van der Waals surface area contributed by atoms with Crippen molar-refractivity contribution in [2.75, 3.05) is 38.2 Å². The first-order chi connectivity index (χ1) is 17.1. The number of anilines is 1. The third-order valence-electron chi connectivity index (χ3n) is 5.44. The normalized spacial score (nSPS) is 11.0. The van der Waals surface area contributed by atoms with Crippen LogP contribution in [0, 0.1) is 20.8 Å². The Bertz CT molecular complexity index is 1290. The van der Waals surface area contributed by atoms with Crippen molar-refractivity contribution in [1.29, 1.82) is 0 Å². The first kappa shape index (κ1) is 26.9. The molecule has 0 aliphatic carbocycles. The SMILES string of the molecule is COc1ccc(S(=O)(=O)N(CC(=O)NCCOc2cc(C)cc(C)c2)c2ccc(C)cc2)cc1OC. The zero-order valence-corrected chi connectivity index (χ0v) is 22.0. The van der Waals surface area contributed by atoms with Crippen molar-refractivity contribution < 1.29 is 27.4 Å². The van der Waals surface area contributed by atoms with Crippen LogP contribution in [-0.4, -0.2) is 48.2 Å². The van der Waals surface area contributed by atoms with Gasteiger partial charge in [0.05, 0.1) is 31.3 Å². The molecule has 9 heteroatoms. The number of carbonyl (C=O) groups excluding carboxylic acids is 1. The van der Waals surface area contributed by atoms with Crippen LogP contribution in [0.25, 0.3) is 0 Å². The average molecular weight is 513 g/mol. The number of hydrogen-bond acceptors (Lipinski definition) is 6. The molecular weight excluding hydrogens is 480 g/mol. The molecular formula is C27H32N2O6S. The van der Waals surface area contributed by atoms with Crippen molar-refractivity contribution >= 4 is 21.6 Å². The van der Waals surface area contributed by atoms with E-state index in [0.29, 0.717) is 11.4 Å². The van der Waals surface area contributed by atoms with Gasteiger partial charge in [-0.1, -0.05) is 23.8 Å². The summed E-state index contributed by atoms with van der Waals surface area (Å²) in [4.78, 5) is 12.8. The van der Waals surface area contributed by atoms with Gasteiger partial charge in [0.15, 0.2) is 11.5 Å². The number of rotatable bonds is 11. The lowest BCUT2D eigenvalue weighted by Gasteiger charge is -2.24. The standard InChI is InChI=1S/C27H32N2O6S/c1-19-6-8-22(9-7-19)29(36(31,32)24-10-11-25(33-4)26(17-24)34-5)18-27(30)28-12-13-35-23-15-20(2)14-21(3)16-23/h6-11,14-17H,12-13,18H2,1-5H3,(H,28,30). The van der Waals surface area contributed by atoms with Crippen LogP contribution in [0.1, 0.15) is 16.7 Å². The highest BCUT2D eigenvalue weighted by Crippen LogP contribution is 2.32. The number of ether oxygens (including phenoxy) is 3. The highest BCUT2D eigenvalue weighted by atomic mass is 32.2. The lowest BCUT2D eigenvalue weighted by Crippen LogP contribution is -2.42. The summed E-state index contributed by atoms with van der Waals surface area (Å²) in [5, 5.41) is 2.74. The van der Waals surface area contributed by atoms with E-state index in [1.165, 1.54) is 32.4 Å². The predicted octanol–water partition coefficient (Wildman–Crippen LogP) is 4.02. The molecule has 36 heavy (non-hydrogen) atoms. The van der Waals surface area contributed by atoms with Crippen LogP contribution in [0.2, 0.25) is 0 Å². The van der Waals surface area contributed by atoms with E-state index < -0.39 is 22.5 Å². The van der Waals surface area contributed by atoms with Gasteiger partial charge in [-0.3, -0.25) is 9.10 Å². The lowest BCUT2D eigenvalue weighted by molar-refractivity contribution is -0.119. The van der Waals surface area contributed by atoms with E-state index in [9.17, 15) is 13.2 Å². The summed E-state index contributed by atoms with van der Waals surface area (Å²) in [6.07, 6.45) is 0. The van der Waals surface area contributed by atoms with Gasteiger partial charge in [0.1, 0.15) is 18.9 Å². The summed E-state index contributed by atoms with van der Waals surface area (Å²) in [6.45, 7) is 5.95. The quantitative estimate of drug-likeness (QED) is 0.390. The van der Waals surface area contributed by atoms with Crippen molar-refractivity contribution in [3.05, 3.63) is 77.4 Å². The van der Waals surface area contributed by atoms with Crippen molar-refractivity contribution in [1.82, 2.24) is 5.32 Å². The largest absolute Gasteiger partial charge is 0.493 e. The molecule has 3 aromatic carbocycles. The lowest BCUT2D eigenvalue weighted by atomic mass is 10.1. The summed E-state index contributed by atoms with van der Waals surface area (Å²) < 4.78 is 44.5. The van der Waals surface area contributed by atoms with E-state index in [-0.39, 0.29) is 23.8 Å². The number of benzene rings is 3. The third kappa shape index (κ3) is 6.69. The highest BCUT2D eigenvalue weighted by molar-refractivity contribution is 7.92. The fourth-order valence-electron chi connectivity index (χ4n) is 3.69. The Morgan fingerprint density at radius 2 is 1.47 bits per heavy atom. The first-order valence-corrected chi connectivity index (χ1v) is 12.9.